The molecule has 1 saturated carbocycles. The number of amides is 1. The molecule has 0 aromatic carbocycles. The van der Waals surface area contributed by atoms with Crippen molar-refractivity contribution in [2.45, 2.75) is 18.9 Å². The van der Waals surface area contributed by atoms with E-state index in [2.05, 4.69) is 15.1 Å². The van der Waals surface area contributed by atoms with Crippen LogP contribution >= 0.6 is 0 Å². The van der Waals surface area contributed by atoms with Gasteiger partial charge in [0, 0.05) is 38.8 Å². The van der Waals surface area contributed by atoms with Crippen molar-refractivity contribution in [1.82, 2.24) is 20.0 Å². The third-order valence-corrected chi connectivity index (χ3v) is 4.85. The zero-order chi connectivity index (χ0) is 16.5. The van der Waals surface area contributed by atoms with E-state index in [1.807, 2.05) is 11.0 Å². The number of aromatic amines is 1. The van der Waals surface area contributed by atoms with E-state index in [-0.39, 0.29) is 12.0 Å². The van der Waals surface area contributed by atoms with Crippen LogP contribution in [0.5, 0.6) is 0 Å². The fourth-order valence-corrected chi connectivity index (χ4v) is 3.18. The Labute approximate surface area is 140 Å². The van der Waals surface area contributed by atoms with Gasteiger partial charge < -0.3 is 14.4 Å². The maximum atomic E-state index is 12.6. The summed E-state index contributed by atoms with van der Waals surface area (Å²) in [6.45, 7) is 3.64. The number of nitrogens with zero attached hydrogens (tertiary/aromatic N) is 3. The molecule has 7 nitrogen and oxygen atoms in total. The summed E-state index contributed by atoms with van der Waals surface area (Å²) in [5.74, 6) is 1.10. The first-order valence-electron chi connectivity index (χ1n) is 8.49. The number of nitrogens with one attached hydrogen (secondary N) is 1. The molecule has 1 aliphatic carbocycles. The molecular formula is C17H22N4O3. The van der Waals surface area contributed by atoms with Gasteiger partial charge in [-0.05, 0) is 30.9 Å². The van der Waals surface area contributed by atoms with Gasteiger partial charge in [-0.25, -0.2) is 0 Å². The molecule has 2 aromatic heterocycles. The number of aliphatic hydroxyl groups excluding tert-OH is 1. The van der Waals surface area contributed by atoms with Gasteiger partial charge in [-0.2, -0.15) is 5.10 Å². The Morgan fingerprint density at radius 3 is 2.83 bits per heavy atom. The normalized spacial score (nSPS) is 20.3. The van der Waals surface area contributed by atoms with E-state index >= 15 is 0 Å². The van der Waals surface area contributed by atoms with E-state index in [0.717, 1.165) is 32.5 Å². The lowest BCUT2D eigenvalue weighted by Crippen LogP contribution is -2.50. The van der Waals surface area contributed by atoms with Gasteiger partial charge in [-0.3, -0.25) is 14.8 Å². The minimum atomic E-state index is -0.213. The van der Waals surface area contributed by atoms with Crippen LogP contribution in [0.3, 0.4) is 0 Å². The van der Waals surface area contributed by atoms with Crippen LogP contribution < -0.4 is 0 Å². The molecular weight excluding hydrogens is 308 g/mol. The van der Waals surface area contributed by atoms with Crippen molar-refractivity contribution < 1.29 is 14.3 Å². The van der Waals surface area contributed by atoms with Crippen LogP contribution in [0.4, 0.5) is 0 Å². The second-order valence-corrected chi connectivity index (χ2v) is 6.64. The lowest BCUT2D eigenvalue weighted by atomic mass is 10.2. The number of piperazine rings is 1. The topological polar surface area (TPSA) is 85.6 Å². The number of hydrogen-bond acceptors (Lipinski definition) is 5. The first kappa shape index (κ1) is 15.4. The maximum absolute atomic E-state index is 12.6. The first-order chi connectivity index (χ1) is 11.7. The van der Waals surface area contributed by atoms with Crippen LogP contribution in [0, 0.1) is 5.92 Å². The molecule has 2 aliphatic rings. The van der Waals surface area contributed by atoms with E-state index in [0.29, 0.717) is 36.2 Å². The predicted molar refractivity (Wildman–Crippen MR) is 87.4 cm³/mol. The van der Waals surface area contributed by atoms with Gasteiger partial charge in [-0.15, -0.1) is 0 Å². The molecule has 1 atom stereocenters. The first-order valence-corrected chi connectivity index (χ1v) is 8.49. The highest BCUT2D eigenvalue weighted by Crippen LogP contribution is 2.33. The van der Waals surface area contributed by atoms with Gasteiger partial charge in [0.05, 0.1) is 12.4 Å². The predicted octanol–water partition coefficient (Wildman–Crippen LogP) is 1.20. The van der Waals surface area contributed by atoms with E-state index in [9.17, 15) is 9.90 Å². The number of H-pyrrole nitrogens is 1. The van der Waals surface area contributed by atoms with Crippen LogP contribution in [-0.2, 0) is 0 Å². The summed E-state index contributed by atoms with van der Waals surface area (Å²) in [4.78, 5) is 16.6. The summed E-state index contributed by atoms with van der Waals surface area (Å²) in [6.07, 6.45) is 3.68. The van der Waals surface area contributed by atoms with Crippen molar-refractivity contribution in [2.75, 3.05) is 32.7 Å². The number of rotatable bonds is 5. The standard InChI is InChI=1S/C17H22N4O3/c22-15(12-3-4-12)11-20-5-7-21(8-6-20)17(23)14-10-13(18-19-14)16-2-1-9-24-16/h1-2,9-10,12,15,22H,3-8,11H2,(H,18,19). The van der Waals surface area contributed by atoms with Crippen molar-refractivity contribution in [3.8, 4) is 11.5 Å². The second-order valence-electron chi connectivity index (χ2n) is 6.64. The van der Waals surface area contributed by atoms with Crippen LogP contribution in [-0.4, -0.2) is 69.8 Å². The average molecular weight is 330 g/mol. The molecule has 4 rings (SSSR count). The summed E-state index contributed by atoms with van der Waals surface area (Å²) < 4.78 is 5.31. The number of β-amino-alcohol motifs (C(OH)–C–C–N with tert-alkyl or cyclic N) is 1. The fraction of sp³-hybridized carbons (Fsp3) is 0.529. The van der Waals surface area contributed by atoms with Crippen LogP contribution in [0.2, 0.25) is 0 Å². The van der Waals surface area contributed by atoms with Crippen molar-refractivity contribution in [2.24, 2.45) is 5.92 Å². The Hall–Kier alpha value is -2.12. The molecule has 1 unspecified atom stereocenters. The second kappa shape index (κ2) is 6.41. The molecule has 0 radical (unpaired) electrons. The van der Waals surface area contributed by atoms with Gasteiger partial charge in [-0.1, -0.05) is 0 Å². The minimum Gasteiger partial charge on any atom is -0.463 e. The van der Waals surface area contributed by atoms with Crippen LogP contribution in [0.1, 0.15) is 23.3 Å². The van der Waals surface area contributed by atoms with E-state index < -0.39 is 0 Å². The summed E-state index contributed by atoms with van der Waals surface area (Å²) >= 11 is 0. The Morgan fingerprint density at radius 1 is 1.38 bits per heavy atom. The Morgan fingerprint density at radius 2 is 2.17 bits per heavy atom. The summed E-state index contributed by atoms with van der Waals surface area (Å²) in [5, 5.41) is 17.0. The van der Waals surface area contributed by atoms with Gasteiger partial charge in [0.25, 0.3) is 5.91 Å². The van der Waals surface area contributed by atoms with Gasteiger partial charge in [0.15, 0.2) is 11.5 Å². The van der Waals surface area contributed by atoms with E-state index in [1.54, 1.807) is 18.4 Å². The zero-order valence-electron chi connectivity index (χ0n) is 13.5. The number of furan rings is 1. The van der Waals surface area contributed by atoms with Crippen molar-refractivity contribution >= 4 is 5.91 Å². The van der Waals surface area contributed by atoms with Crippen molar-refractivity contribution in [1.29, 1.82) is 0 Å². The van der Waals surface area contributed by atoms with Gasteiger partial charge in [0.1, 0.15) is 5.69 Å². The fourth-order valence-electron chi connectivity index (χ4n) is 3.18. The monoisotopic (exact) mass is 330 g/mol. The molecule has 1 saturated heterocycles. The van der Waals surface area contributed by atoms with Gasteiger partial charge >= 0.3 is 0 Å². The maximum Gasteiger partial charge on any atom is 0.274 e. The molecule has 3 heterocycles. The highest BCUT2D eigenvalue weighted by Gasteiger charge is 2.32. The number of aromatic nitrogens is 2. The smallest absolute Gasteiger partial charge is 0.274 e. The molecule has 7 heteroatoms. The molecule has 1 aliphatic heterocycles. The highest BCUT2D eigenvalue weighted by molar-refractivity contribution is 5.93. The SMILES string of the molecule is O=C(c1cc(-c2ccco2)[nH]n1)N1CCN(CC(O)C2CC2)CC1. The molecule has 2 N–H and O–H groups in total. The quantitative estimate of drug-likeness (QED) is 0.860. The third kappa shape index (κ3) is 3.22. The molecule has 2 fully saturated rings. The van der Waals surface area contributed by atoms with Crippen LogP contribution in [0.25, 0.3) is 11.5 Å². The number of aliphatic hydroxyl groups is 1. The lowest BCUT2D eigenvalue weighted by molar-refractivity contribution is 0.0485. The molecule has 24 heavy (non-hydrogen) atoms. The van der Waals surface area contributed by atoms with E-state index in [1.165, 1.54) is 0 Å². The third-order valence-electron chi connectivity index (χ3n) is 4.85. The molecule has 2 aromatic rings. The minimum absolute atomic E-state index is 0.0635. The van der Waals surface area contributed by atoms with Crippen molar-refractivity contribution in [3.63, 3.8) is 0 Å². The molecule has 1 amide bonds. The number of carbonyl (C=O) groups excluding carboxylic acids is 1. The summed E-state index contributed by atoms with van der Waals surface area (Å²) in [7, 11) is 0. The Kier molecular flexibility index (Phi) is 4.12. The largest absolute Gasteiger partial charge is 0.463 e. The molecule has 128 valence electrons. The molecule has 0 bridgehead atoms. The Bertz CT molecular complexity index is 685. The Balaban J connectivity index is 1.33. The van der Waals surface area contributed by atoms with Gasteiger partial charge in [0.2, 0.25) is 0 Å². The average Bonchev–Trinajstić information content (AvgIpc) is 3.11. The number of hydrogen-bond donors (Lipinski definition) is 2. The highest BCUT2D eigenvalue weighted by atomic mass is 16.3. The van der Waals surface area contributed by atoms with Crippen molar-refractivity contribution in [3.05, 3.63) is 30.2 Å². The lowest BCUT2D eigenvalue weighted by Gasteiger charge is -2.35. The summed E-state index contributed by atoms with van der Waals surface area (Å²) in [6, 6.07) is 5.35. The summed E-state index contributed by atoms with van der Waals surface area (Å²) in [5.41, 5.74) is 1.11. The van der Waals surface area contributed by atoms with Crippen LogP contribution in [0.15, 0.2) is 28.9 Å². The van der Waals surface area contributed by atoms with E-state index in [4.69, 9.17) is 4.42 Å². The molecule has 0 spiro atoms. The zero-order valence-corrected chi connectivity index (χ0v) is 13.5. The number of carbonyl (C=O) groups is 1.